The molecule has 1 heterocycles. The first-order valence-electron chi connectivity index (χ1n) is 9.25. The van der Waals surface area contributed by atoms with E-state index in [1.54, 1.807) is 38.1 Å². The third-order valence-corrected chi connectivity index (χ3v) is 6.22. The summed E-state index contributed by atoms with van der Waals surface area (Å²) >= 11 is 12.9. The molecule has 2 N–H and O–H groups in total. The number of thiophene rings is 1. The van der Waals surface area contributed by atoms with Gasteiger partial charge in [-0.15, -0.1) is 11.3 Å². The van der Waals surface area contributed by atoms with Crippen LogP contribution in [0.2, 0.25) is 10.0 Å². The van der Waals surface area contributed by atoms with Crippen LogP contribution in [0.3, 0.4) is 0 Å². The summed E-state index contributed by atoms with van der Waals surface area (Å²) in [5.74, 6) is -1.52. The molecule has 0 saturated heterocycles. The standard InChI is InChI=1S/C22H18Cl2N2O4S/c1-3-30-22(29)17-12(2)18(20(28)25-14-7-5-4-6-8-14)31-21(17)26-19(27)13-9-10-15(23)16(24)11-13/h4-11H,3H2,1-2H3,(H,25,28)(H,26,27). The zero-order chi connectivity index (χ0) is 22.5. The molecule has 0 aliphatic carbocycles. The van der Waals surface area contributed by atoms with Gasteiger partial charge in [0.25, 0.3) is 11.8 Å². The number of amides is 2. The molecule has 0 saturated carbocycles. The first-order chi connectivity index (χ1) is 14.8. The van der Waals surface area contributed by atoms with Crippen LogP contribution in [0.5, 0.6) is 0 Å². The summed E-state index contributed by atoms with van der Waals surface area (Å²) in [6.45, 7) is 3.47. The van der Waals surface area contributed by atoms with Crippen LogP contribution < -0.4 is 10.6 Å². The Kier molecular flexibility index (Phi) is 7.33. The smallest absolute Gasteiger partial charge is 0.341 e. The minimum atomic E-state index is -0.626. The number of carbonyl (C=O) groups excluding carboxylic acids is 3. The second kappa shape index (κ2) is 9.96. The van der Waals surface area contributed by atoms with Gasteiger partial charge in [0.1, 0.15) is 5.00 Å². The number of carbonyl (C=O) groups is 3. The van der Waals surface area contributed by atoms with E-state index in [0.717, 1.165) is 11.3 Å². The molecule has 0 aliphatic rings. The van der Waals surface area contributed by atoms with Crippen molar-refractivity contribution in [1.29, 1.82) is 0 Å². The lowest BCUT2D eigenvalue weighted by molar-refractivity contribution is 0.0527. The van der Waals surface area contributed by atoms with Gasteiger partial charge in [-0.2, -0.15) is 0 Å². The van der Waals surface area contributed by atoms with Crippen LogP contribution in [-0.4, -0.2) is 24.4 Å². The second-order valence-electron chi connectivity index (χ2n) is 6.38. The van der Waals surface area contributed by atoms with Crippen molar-refractivity contribution in [3.8, 4) is 0 Å². The molecule has 3 rings (SSSR count). The van der Waals surface area contributed by atoms with Gasteiger partial charge in [0, 0.05) is 11.3 Å². The van der Waals surface area contributed by atoms with E-state index >= 15 is 0 Å². The van der Waals surface area contributed by atoms with Crippen molar-refractivity contribution in [3.63, 3.8) is 0 Å². The third-order valence-electron chi connectivity index (χ3n) is 4.27. The molecule has 160 valence electrons. The van der Waals surface area contributed by atoms with Crippen LogP contribution in [0.1, 0.15) is 42.9 Å². The van der Waals surface area contributed by atoms with Crippen LogP contribution in [0, 0.1) is 6.92 Å². The maximum absolute atomic E-state index is 12.8. The van der Waals surface area contributed by atoms with Gasteiger partial charge in [0.2, 0.25) is 0 Å². The summed E-state index contributed by atoms with van der Waals surface area (Å²) in [6, 6.07) is 13.4. The van der Waals surface area contributed by atoms with E-state index in [9.17, 15) is 14.4 Å². The lowest BCUT2D eigenvalue weighted by atomic mass is 10.1. The molecule has 0 bridgehead atoms. The van der Waals surface area contributed by atoms with Crippen molar-refractivity contribution in [2.75, 3.05) is 17.2 Å². The number of hydrogen-bond acceptors (Lipinski definition) is 5. The number of halogens is 2. The lowest BCUT2D eigenvalue weighted by Gasteiger charge is -2.08. The summed E-state index contributed by atoms with van der Waals surface area (Å²) in [6.07, 6.45) is 0. The predicted octanol–water partition coefficient (Wildman–Crippen LogP) is 6.04. The van der Waals surface area contributed by atoms with Gasteiger partial charge in [0.15, 0.2) is 0 Å². The van der Waals surface area contributed by atoms with Gasteiger partial charge in [-0.1, -0.05) is 41.4 Å². The van der Waals surface area contributed by atoms with E-state index in [1.165, 1.54) is 18.2 Å². The van der Waals surface area contributed by atoms with E-state index in [4.69, 9.17) is 27.9 Å². The number of nitrogens with one attached hydrogen (secondary N) is 2. The highest BCUT2D eigenvalue weighted by molar-refractivity contribution is 7.19. The normalized spacial score (nSPS) is 10.5. The number of para-hydroxylation sites is 1. The third kappa shape index (κ3) is 5.25. The Hall–Kier alpha value is -2.87. The molecule has 0 aliphatic heterocycles. The molecule has 1 aromatic heterocycles. The Morgan fingerprint density at radius 1 is 0.968 bits per heavy atom. The highest BCUT2D eigenvalue weighted by Gasteiger charge is 2.27. The molecule has 0 atom stereocenters. The first-order valence-corrected chi connectivity index (χ1v) is 10.8. The van der Waals surface area contributed by atoms with E-state index < -0.39 is 17.8 Å². The fraction of sp³-hybridized carbons (Fsp3) is 0.136. The van der Waals surface area contributed by atoms with Gasteiger partial charge >= 0.3 is 5.97 Å². The molecular weight excluding hydrogens is 459 g/mol. The summed E-state index contributed by atoms with van der Waals surface area (Å²) in [4.78, 5) is 38.4. The van der Waals surface area contributed by atoms with Crippen molar-refractivity contribution >= 4 is 63.0 Å². The van der Waals surface area contributed by atoms with Crippen molar-refractivity contribution < 1.29 is 19.1 Å². The molecule has 0 radical (unpaired) electrons. The summed E-state index contributed by atoms with van der Waals surface area (Å²) in [7, 11) is 0. The Labute approximate surface area is 193 Å². The first kappa shape index (κ1) is 22.8. The van der Waals surface area contributed by atoms with Crippen LogP contribution in [0.15, 0.2) is 48.5 Å². The topological polar surface area (TPSA) is 84.5 Å². The van der Waals surface area contributed by atoms with E-state index in [1.807, 2.05) is 6.07 Å². The Balaban J connectivity index is 1.95. The number of benzene rings is 2. The van der Waals surface area contributed by atoms with E-state index in [-0.39, 0.29) is 32.6 Å². The van der Waals surface area contributed by atoms with E-state index in [0.29, 0.717) is 16.3 Å². The van der Waals surface area contributed by atoms with Crippen LogP contribution >= 0.6 is 34.5 Å². The average molecular weight is 477 g/mol. The molecule has 0 fully saturated rings. The Morgan fingerprint density at radius 3 is 2.32 bits per heavy atom. The maximum Gasteiger partial charge on any atom is 0.341 e. The highest BCUT2D eigenvalue weighted by Crippen LogP contribution is 2.35. The largest absolute Gasteiger partial charge is 0.462 e. The number of rotatable bonds is 6. The molecule has 6 nitrogen and oxygen atoms in total. The average Bonchev–Trinajstić information content (AvgIpc) is 3.06. The van der Waals surface area contributed by atoms with E-state index in [2.05, 4.69) is 10.6 Å². The molecule has 3 aromatic rings. The highest BCUT2D eigenvalue weighted by atomic mass is 35.5. The van der Waals surface area contributed by atoms with Crippen LogP contribution in [0.4, 0.5) is 10.7 Å². The van der Waals surface area contributed by atoms with Crippen molar-refractivity contribution in [3.05, 3.63) is 80.1 Å². The van der Waals surface area contributed by atoms with Gasteiger partial charge < -0.3 is 15.4 Å². The molecule has 2 amide bonds. The molecule has 0 unspecified atom stereocenters. The second-order valence-corrected chi connectivity index (χ2v) is 8.22. The zero-order valence-electron chi connectivity index (χ0n) is 16.6. The monoisotopic (exact) mass is 476 g/mol. The molecule has 2 aromatic carbocycles. The molecule has 9 heteroatoms. The van der Waals surface area contributed by atoms with Crippen molar-refractivity contribution in [2.45, 2.75) is 13.8 Å². The summed E-state index contributed by atoms with van der Waals surface area (Å²) in [5, 5.41) is 6.23. The van der Waals surface area contributed by atoms with Crippen LogP contribution in [-0.2, 0) is 4.74 Å². The maximum atomic E-state index is 12.8. The molecule has 31 heavy (non-hydrogen) atoms. The van der Waals surface area contributed by atoms with Gasteiger partial charge in [-0.05, 0) is 49.7 Å². The lowest BCUT2D eigenvalue weighted by Crippen LogP contribution is -2.15. The predicted molar refractivity (Wildman–Crippen MR) is 124 cm³/mol. The van der Waals surface area contributed by atoms with Gasteiger partial charge in [0.05, 0.1) is 27.1 Å². The summed E-state index contributed by atoms with van der Waals surface area (Å²) < 4.78 is 5.13. The molecule has 0 spiro atoms. The van der Waals surface area contributed by atoms with Gasteiger partial charge in [-0.3, -0.25) is 9.59 Å². The quantitative estimate of drug-likeness (QED) is 0.424. The fourth-order valence-electron chi connectivity index (χ4n) is 2.79. The molecular formula is C22H18Cl2N2O4S. The van der Waals surface area contributed by atoms with Gasteiger partial charge in [-0.25, -0.2) is 4.79 Å². The Morgan fingerprint density at radius 2 is 1.68 bits per heavy atom. The minimum Gasteiger partial charge on any atom is -0.462 e. The minimum absolute atomic E-state index is 0.137. The number of anilines is 2. The number of ether oxygens (including phenoxy) is 1. The van der Waals surface area contributed by atoms with Crippen molar-refractivity contribution in [1.82, 2.24) is 0 Å². The van der Waals surface area contributed by atoms with Crippen LogP contribution in [0.25, 0.3) is 0 Å². The number of esters is 1. The zero-order valence-corrected chi connectivity index (χ0v) is 19.0. The Bertz CT molecular complexity index is 1150. The fourth-order valence-corrected chi connectivity index (χ4v) is 4.17. The van der Waals surface area contributed by atoms with Crippen molar-refractivity contribution in [2.24, 2.45) is 0 Å². The number of hydrogen-bond donors (Lipinski definition) is 2. The summed E-state index contributed by atoms with van der Waals surface area (Å²) in [5.41, 5.74) is 1.42. The SMILES string of the molecule is CCOC(=O)c1c(NC(=O)c2ccc(Cl)c(Cl)c2)sc(C(=O)Nc2ccccc2)c1C.